The molecule has 2 aromatic rings. The third kappa shape index (κ3) is 6.19. The van der Waals surface area contributed by atoms with E-state index in [2.05, 4.69) is 60.5 Å². The molecule has 1 aliphatic heterocycles. The van der Waals surface area contributed by atoms with E-state index in [1.807, 2.05) is 12.1 Å². The van der Waals surface area contributed by atoms with Crippen LogP contribution in [0, 0.1) is 0 Å². The molecule has 1 aliphatic rings. The zero-order chi connectivity index (χ0) is 19.1. The van der Waals surface area contributed by atoms with Gasteiger partial charge in [-0.1, -0.05) is 50.2 Å². The molecule has 0 atom stereocenters. The van der Waals surface area contributed by atoms with Gasteiger partial charge >= 0.3 is 0 Å². The highest BCUT2D eigenvalue weighted by molar-refractivity contribution is 5.90. The monoisotopic (exact) mass is 366 g/mol. The average Bonchev–Trinajstić information content (AvgIpc) is 2.68. The molecule has 27 heavy (non-hydrogen) atoms. The summed E-state index contributed by atoms with van der Waals surface area (Å²) in [6.07, 6.45) is 1.26. The van der Waals surface area contributed by atoms with E-state index in [-0.39, 0.29) is 5.91 Å². The summed E-state index contributed by atoms with van der Waals surface area (Å²) in [5.74, 6) is 0.596. The van der Waals surface area contributed by atoms with E-state index in [4.69, 9.17) is 4.74 Å². The van der Waals surface area contributed by atoms with Crippen LogP contribution in [0.2, 0.25) is 0 Å². The Morgan fingerprint density at radius 2 is 1.81 bits per heavy atom. The third-order valence-corrected chi connectivity index (χ3v) is 5.01. The van der Waals surface area contributed by atoms with Crippen LogP contribution in [0.15, 0.2) is 48.5 Å². The molecule has 0 saturated carbocycles. The summed E-state index contributed by atoms with van der Waals surface area (Å²) >= 11 is 0. The van der Waals surface area contributed by atoms with E-state index >= 15 is 0 Å². The lowest BCUT2D eigenvalue weighted by Crippen LogP contribution is -2.35. The average molecular weight is 367 g/mol. The maximum absolute atomic E-state index is 12.3. The zero-order valence-corrected chi connectivity index (χ0v) is 16.4. The predicted octanol–water partition coefficient (Wildman–Crippen LogP) is 4.21. The molecule has 1 amide bonds. The lowest BCUT2D eigenvalue weighted by Gasteiger charge is -2.26. The van der Waals surface area contributed by atoms with Gasteiger partial charge in [-0.05, 0) is 41.2 Å². The number of morpholine rings is 1. The van der Waals surface area contributed by atoms with Crippen LogP contribution in [0.1, 0.15) is 42.9 Å². The number of nitrogens with one attached hydrogen (secondary N) is 1. The molecule has 1 N–H and O–H groups in total. The summed E-state index contributed by atoms with van der Waals surface area (Å²) in [7, 11) is 0. The Balaban J connectivity index is 1.49. The number of aryl methyl sites for hydroxylation is 1. The van der Waals surface area contributed by atoms with Crippen LogP contribution in [-0.2, 0) is 22.5 Å². The summed E-state index contributed by atoms with van der Waals surface area (Å²) < 4.78 is 5.40. The van der Waals surface area contributed by atoms with Gasteiger partial charge in [0.05, 0.1) is 13.2 Å². The van der Waals surface area contributed by atoms with Crippen LogP contribution in [0.25, 0.3) is 0 Å². The van der Waals surface area contributed by atoms with Crippen LogP contribution < -0.4 is 5.32 Å². The first-order valence-corrected chi connectivity index (χ1v) is 9.88. The fraction of sp³-hybridized carbons (Fsp3) is 0.435. The van der Waals surface area contributed by atoms with Crippen molar-refractivity contribution in [2.24, 2.45) is 0 Å². The Labute approximate surface area is 162 Å². The van der Waals surface area contributed by atoms with E-state index in [1.54, 1.807) is 0 Å². The number of amides is 1. The summed E-state index contributed by atoms with van der Waals surface area (Å²) in [6, 6.07) is 16.7. The lowest BCUT2D eigenvalue weighted by molar-refractivity contribution is -0.116. The van der Waals surface area contributed by atoms with Gasteiger partial charge in [0, 0.05) is 31.7 Å². The molecule has 1 heterocycles. The Morgan fingerprint density at radius 3 is 2.52 bits per heavy atom. The molecular formula is C23H30N2O2. The molecule has 144 valence electrons. The van der Waals surface area contributed by atoms with E-state index < -0.39 is 0 Å². The number of benzene rings is 2. The molecule has 0 spiro atoms. The molecule has 0 unspecified atom stereocenters. The number of ether oxygens (including phenoxy) is 1. The highest BCUT2D eigenvalue weighted by Crippen LogP contribution is 2.17. The zero-order valence-electron chi connectivity index (χ0n) is 16.4. The molecule has 0 bridgehead atoms. The maximum atomic E-state index is 12.3. The lowest BCUT2D eigenvalue weighted by atomic mass is 10.0. The smallest absolute Gasteiger partial charge is 0.224 e. The first-order valence-electron chi connectivity index (χ1n) is 9.88. The van der Waals surface area contributed by atoms with Crippen LogP contribution in [-0.4, -0.2) is 37.1 Å². The predicted molar refractivity (Wildman–Crippen MR) is 110 cm³/mol. The third-order valence-electron chi connectivity index (χ3n) is 5.01. The Kier molecular flexibility index (Phi) is 7.02. The molecule has 1 fully saturated rings. The summed E-state index contributed by atoms with van der Waals surface area (Å²) in [5, 5.41) is 3.04. The molecule has 3 rings (SSSR count). The van der Waals surface area contributed by atoms with Crippen molar-refractivity contribution < 1.29 is 9.53 Å². The molecule has 2 aromatic carbocycles. The largest absolute Gasteiger partial charge is 0.379 e. The Morgan fingerprint density at radius 1 is 1.07 bits per heavy atom. The molecule has 0 aliphatic carbocycles. The number of carbonyl (C=O) groups is 1. The van der Waals surface area contributed by atoms with E-state index in [9.17, 15) is 4.79 Å². The highest BCUT2D eigenvalue weighted by Gasteiger charge is 2.11. The van der Waals surface area contributed by atoms with Gasteiger partial charge in [-0.3, -0.25) is 9.69 Å². The van der Waals surface area contributed by atoms with Crippen molar-refractivity contribution in [2.45, 2.75) is 39.2 Å². The minimum atomic E-state index is 0.0615. The number of hydrogen-bond acceptors (Lipinski definition) is 3. The molecule has 1 saturated heterocycles. The number of anilines is 1. The summed E-state index contributed by atoms with van der Waals surface area (Å²) in [4.78, 5) is 14.7. The molecule has 4 nitrogen and oxygen atoms in total. The molecular weight excluding hydrogens is 336 g/mol. The van der Waals surface area contributed by atoms with Crippen molar-refractivity contribution in [3.8, 4) is 0 Å². The fourth-order valence-corrected chi connectivity index (χ4v) is 3.32. The molecule has 4 heteroatoms. The number of hydrogen-bond donors (Lipinski definition) is 1. The van der Waals surface area contributed by atoms with Crippen molar-refractivity contribution in [1.29, 1.82) is 0 Å². The van der Waals surface area contributed by atoms with E-state index in [0.29, 0.717) is 12.3 Å². The highest BCUT2D eigenvalue weighted by atomic mass is 16.5. The number of carbonyl (C=O) groups excluding carboxylic acids is 1. The van der Waals surface area contributed by atoms with Crippen molar-refractivity contribution in [3.05, 3.63) is 65.2 Å². The summed E-state index contributed by atoms with van der Waals surface area (Å²) in [6.45, 7) is 8.81. The van der Waals surface area contributed by atoms with Gasteiger partial charge in [0.15, 0.2) is 0 Å². The standard InChI is InChI=1S/C23H30N2O2/c1-18(2)21-9-6-19(7-10-21)8-11-23(26)24-22-5-3-4-20(16-22)17-25-12-14-27-15-13-25/h3-7,9-10,16,18H,8,11-15,17H2,1-2H3,(H,24,26). The van der Waals surface area contributed by atoms with Crippen LogP contribution in [0.4, 0.5) is 5.69 Å². The Hall–Kier alpha value is -2.17. The van der Waals surface area contributed by atoms with Crippen LogP contribution in [0.3, 0.4) is 0 Å². The quantitative estimate of drug-likeness (QED) is 0.798. The minimum Gasteiger partial charge on any atom is -0.379 e. The summed E-state index contributed by atoms with van der Waals surface area (Å²) in [5.41, 5.74) is 4.63. The van der Waals surface area contributed by atoms with Crippen molar-refractivity contribution in [3.63, 3.8) is 0 Å². The van der Waals surface area contributed by atoms with Gasteiger partial charge in [-0.25, -0.2) is 0 Å². The second-order valence-corrected chi connectivity index (χ2v) is 7.53. The van der Waals surface area contributed by atoms with Gasteiger partial charge in [0.1, 0.15) is 0 Å². The minimum absolute atomic E-state index is 0.0615. The first kappa shape index (κ1) is 19.6. The van der Waals surface area contributed by atoms with E-state index in [0.717, 1.165) is 45.0 Å². The van der Waals surface area contributed by atoms with Crippen molar-refractivity contribution in [2.75, 3.05) is 31.6 Å². The van der Waals surface area contributed by atoms with Crippen molar-refractivity contribution in [1.82, 2.24) is 4.90 Å². The van der Waals surface area contributed by atoms with Gasteiger partial charge in [0.2, 0.25) is 5.91 Å². The molecule has 0 radical (unpaired) electrons. The second kappa shape index (κ2) is 9.67. The normalized spacial score (nSPS) is 15.1. The van der Waals surface area contributed by atoms with Gasteiger partial charge in [0.25, 0.3) is 0 Å². The van der Waals surface area contributed by atoms with Gasteiger partial charge < -0.3 is 10.1 Å². The fourth-order valence-electron chi connectivity index (χ4n) is 3.32. The second-order valence-electron chi connectivity index (χ2n) is 7.53. The van der Waals surface area contributed by atoms with Crippen LogP contribution >= 0.6 is 0 Å². The number of nitrogens with zero attached hydrogens (tertiary/aromatic N) is 1. The number of rotatable bonds is 7. The van der Waals surface area contributed by atoms with E-state index in [1.165, 1.54) is 16.7 Å². The van der Waals surface area contributed by atoms with Crippen LogP contribution in [0.5, 0.6) is 0 Å². The SMILES string of the molecule is CC(C)c1ccc(CCC(=O)Nc2cccc(CN3CCOCC3)c2)cc1. The van der Waals surface area contributed by atoms with Crippen molar-refractivity contribution >= 4 is 11.6 Å². The van der Waals surface area contributed by atoms with Gasteiger partial charge in [-0.2, -0.15) is 0 Å². The molecule has 0 aromatic heterocycles. The topological polar surface area (TPSA) is 41.6 Å². The Bertz CT molecular complexity index is 734. The maximum Gasteiger partial charge on any atom is 0.224 e. The van der Waals surface area contributed by atoms with Gasteiger partial charge in [-0.15, -0.1) is 0 Å². The first-order chi connectivity index (χ1) is 13.1.